The molecule has 0 saturated heterocycles. The molecule has 0 aliphatic carbocycles. The molecule has 0 aliphatic rings. The lowest BCUT2D eigenvalue weighted by Crippen LogP contribution is -2.32. The van der Waals surface area contributed by atoms with Crippen LogP contribution in [0.3, 0.4) is 0 Å². The lowest BCUT2D eigenvalue weighted by atomic mass is 9.79. The molecule has 0 aromatic heterocycles. The van der Waals surface area contributed by atoms with Crippen molar-refractivity contribution in [3.05, 3.63) is 58.3 Å². The average molecular weight is 325 g/mol. The van der Waals surface area contributed by atoms with E-state index in [1.807, 2.05) is 30.3 Å². The molecule has 0 heterocycles. The Labute approximate surface area is 118 Å². The number of benzene rings is 2. The summed E-state index contributed by atoms with van der Waals surface area (Å²) < 4.78 is 19.1. The highest BCUT2D eigenvalue weighted by Gasteiger charge is 2.21. The predicted molar refractivity (Wildman–Crippen MR) is 74.7 cm³/mol. The van der Waals surface area contributed by atoms with Gasteiger partial charge in [0.15, 0.2) is 0 Å². The minimum atomic E-state index is -1.79. The van der Waals surface area contributed by atoms with Crippen LogP contribution in [0.1, 0.15) is 5.56 Å². The molecular formula is C13H11BBrFO3. The van der Waals surface area contributed by atoms with Gasteiger partial charge < -0.3 is 14.8 Å². The van der Waals surface area contributed by atoms with Crippen LogP contribution in [-0.2, 0) is 6.61 Å². The van der Waals surface area contributed by atoms with Crippen LogP contribution in [0.4, 0.5) is 4.39 Å². The molecule has 2 rings (SSSR count). The van der Waals surface area contributed by atoms with Crippen molar-refractivity contribution in [3.8, 4) is 5.75 Å². The highest BCUT2D eigenvalue weighted by Crippen LogP contribution is 2.25. The van der Waals surface area contributed by atoms with Gasteiger partial charge in [-0.2, -0.15) is 0 Å². The van der Waals surface area contributed by atoms with Gasteiger partial charge in [0.05, 0.1) is 4.47 Å². The molecule has 0 amide bonds. The summed E-state index contributed by atoms with van der Waals surface area (Å²) in [7, 11) is -1.79. The third-order valence-electron chi connectivity index (χ3n) is 2.54. The van der Waals surface area contributed by atoms with Gasteiger partial charge in [0.25, 0.3) is 0 Å². The number of rotatable bonds is 4. The van der Waals surface area contributed by atoms with Crippen LogP contribution in [0.25, 0.3) is 0 Å². The summed E-state index contributed by atoms with van der Waals surface area (Å²) in [6.07, 6.45) is 0. The van der Waals surface area contributed by atoms with E-state index >= 15 is 0 Å². The Hall–Kier alpha value is -1.37. The van der Waals surface area contributed by atoms with E-state index in [1.165, 1.54) is 6.07 Å². The second kappa shape index (κ2) is 6.19. The van der Waals surface area contributed by atoms with Crippen LogP contribution in [0, 0.1) is 5.82 Å². The summed E-state index contributed by atoms with van der Waals surface area (Å²) in [5, 5.41) is 18.5. The number of ether oxygens (including phenoxy) is 1. The zero-order valence-electron chi connectivity index (χ0n) is 9.88. The Morgan fingerprint density at radius 2 is 1.84 bits per heavy atom. The molecule has 0 radical (unpaired) electrons. The van der Waals surface area contributed by atoms with Crippen molar-refractivity contribution in [2.45, 2.75) is 6.61 Å². The molecule has 6 heteroatoms. The number of hydrogen-bond acceptors (Lipinski definition) is 3. The first-order valence-electron chi connectivity index (χ1n) is 5.59. The molecule has 19 heavy (non-hydrogen) atoms. The maximum Gasteiger partial charge on any atom is 0.492 e. The average Bonchev–Trinajstić information content (AvgIpc) is 2.38. The van der Waals surface area contributed by atoms with Crippen molar-refractivity contribution < 1.29 is 19.2 Å². The monoisotopic (exact) mass is 324 g/mol. The van der Waals surface area contributed by atoms with E-state index in [4.69, 9.17) is 4.74 Å². The van der Waals surface area contributed by atoms with E-state index in [0.29, 0.717) is 4.47 Å². The Bertz CT molecular complexity index is 563. The van der Waals surface area contributed by atoms with Gasteiger partial charge in [0.2, 0.25) is 0 Å². The smallest absolute Gasteiger partial charge is 0.488 e. The van der Waals surface area contributed by atoms with Gasteiger partial charge in [-0.3, -0.25) is 0 Å². The molecule has 2 aromatic carbocycles. The molecule has 0 bridgehead atoms. The van der Waals surface area contributed by atoms with Gasteiger partial charge in [-0.1, -0.05) is 30.3 Å². The zero-order chi connectivity index (χ0) is 13.8. The second-order valence-electron chi connectivity index (χ2n) is 3.95. The third kappa shape index (κ3) is 3.56. The van der Waals surface area contributed by atoms with Gasteiger partial charge in [0, 0.05) is 5.46 Å². The van der Waals surface area contributed by atoms with Gasteiger partial charge in [-0.15, -0.1) is 0 Å². The van der Waals surface area contributed by atoms with Gasteiger partial charge in [0.1, 0.15) is 18.2 Å². The van der Waals surface area contributed by atoms with Gasteiger partial charge in [-0.05, 0) is 33.6 Å². The van der Waals surface area contributed by atoms with Crippen molar-refractivity contribution in [1.29, 1.82) is 0 Å². The first kappa shape index (κ1) is 14.1. The van der Waals surface area contributed by atoms with E-state index in [1.54, 1.807) is 0 Å². The summed E-state index contributed by atoms with van der Waals surface area (Å²) in [6, 6.07) is 11.7. The zero-order valence-corrected chi connectivity index (χ0v) is 11.5. The standard InChI is InChI=1S/C13H11BBrFO3/c15-12-7-10(16)6-11(14(17)18)13(12)19-8-9-4-2-1-3-5-9/h1-7,17-18H,8H2. The van der Waals surface area contributed by atoms with Crippen LogP contribution in [0.15, 0.2) is 46.9 Å². The molecular weight excluding hydrogens is 314 g/mol. The Balaban J connectivity index is 2.24. The molecule has 0 saturated carbocycles. The molecule has 0 unspecified atom stereocenters. The minimum absolute atomic E-state index is 0.0113. The fourth-order valence-electron chi connectivity index (χ4n) is 1.65. The lowest BCUT2D eigenvalue weighted by molar-refractivity contribution is 0.304. The maximum atomic E-state index is 13.2. The van der Waals surface area contributed by atoms with Gasteiger partial charge in [-0.25, -0.2) is 4.39 Å². The number of halogens is 2. The van der Waals surface area contributed by atoms with Crippen LogP contribution in [0.5, 0.6) is 5.75 Å². The largest absolute Gasteiger partial charge is 0.492 e. The van der Waals surface area contributed by atoms with E-state index < -0.39 is 12.9 Å². The normalized spacial score (nSPS) is 10.3. The lowest BCUT2D eigenvalue weighted by Gasteiger charge is -2.13. The molecule has 0 fully saturated rings. The first-order valence-corrected chi connectivity index (χ1v) is 6.39. The highest BCUT2D eigenvalue weighted by molar-refractivity contribution is 9.10. The number of hydrogen-bond donors (Lipinski definition) is 2. The Morgan fingerprint density at radius 3 is 2.47 bits per heavy atom. The van der Waals surface area contributed by atoms with Crippen molar-refractivity contribution in [2.24, 2.45) is 0 Å². The van der Waals surface area contributed by atoms with Crippen molar-refractivity contribution in [1.82, 2.24) is 0 Å². The van der Waals surface area contributed by atoms with Crippen LogP contribution < -0.4 is 10.2 Å². The van der Waals surface area contributed by atoms with Crippen LogP contribution >= 0.6 is 15.9 Å². The maximum absolute atomic E-state index is 13.2. The SMILES string of the molecule is OB(O)c1cc(F)cc(Br)c1OCc1ccccc1. The Kier molecular flexibility index (Phi) is 4.58. The van der Waals surface area contributed by atoms with Crippen molar-refractivity contribution in [2.75, 3.05) is 0 Å². The van der Waals surface area contributed by atoms with Crippen LogP contribution in [-0.4, -0.2) is 17.2 Å². The molecule has 98 valence electrons. The Morgan fingerprint density at radius 1 is 1.16 bits per heavy atom. The van der Waals surface area contributed by atoms with E-state index in [0.717, 1.165) is 11.6 Å². The van der Waals surface area contributed by atoms with E-state index in [9.17, 15) is 14.4 Å². The summed E-state index contributed by atoms with van der Waals surface area (Å²) in [5.74, 6) is -0.345. The second-order valence-corrected chi connectivity index (χ2v) is 4.81. The summed E-state index contributed by atoms with van der Waals surface area (Å²) in [4.78, 5) is 0. The fraction of sp³-hybridized carbons (Fsp3) is 0.0769. The quantitative estimate of drug-likeness (QED) is 0.844. The molecule has 2 N–H and O–H groups in total. The summed E-state index contributed by atoms with van der Waals surface area (Å²) >= 11 is 3.15. The minimum Gasteiger partial charge on any atom is -0.488 e. The van der Waals surface area contributed by atoms with E-state index in [-0.39, 0.29) is 17.8 Å². The molecule has 3 nitrogen and oxygen atoms in total. The topological polar surface area (TPSA) is 49.7 Å². The molecule has 0 atom stereocenters. The van der Waals surface area contributed by atoms with Crippen molar-refractivity contribution in [3.63, 3.8) is 0 Å². The van der Waals surface area contributed by atoms with Crippen LogP contribution in [0.2, 0.25) is 0 Å². The molecule has 0 spiro atoms. The summed E-state index contributed by atoms with van der Waals surface area (Å²) in [5.41, 5.74) is 0.917. The first-order chi connectivity index (χ1) is 9.08. The predicted octanol–water partition coefficient (Wildman–Crippen LogP) is 1.85. The molecule has 2 aromatic rings. The fourth-order valence-corrected chi connectivity index (χ4v) is 2.22. The third-order valence-corrected chi connectivity index (χ3v) is 3.13. The van der Waals surface area contributed by atoms with E-state index in [2.05, 4.69) is 15.9 Å². The highest BCUT2D eigenvalue weighted by atomic mass is 79.9. The molecule has 0 aliphatic heterocycles. The van der Waals surface area contributed by atoms with Gasteiger partial charge >= 0.3 is 7.12 Å². The summed E-state index contributed by atoms with van der Waals surface area (Å²) in [6.45, 7) is 0.255. The van der Waals surface area contributed by atoms with Crippen molar-refractivity contribution >= 4 is 28.5 Å².